The van der Waals surface area contributed by atoms with Gasteiger partial charge in [-0.3, -0.25) is 57.9 Å². The SMILES string of the molecule is C#CCOC(=O)NCCCC[C@@H]1NC(=O)CNC(=O)[C@@H]2CCCN2C(=O)[C@H](CCCCNC(=O)OCC#C)NC(=O)[C@H](CCCN=C(N)N)NC(=O)[C@H](CCCCNC(=O)OCC#C)NC(=O)CNC(=O)[C@@H]2CCCN2C(=O)[C@H](CCCCNC(=O)OCC#C)NC(=O)[C@H](CCCN=C(N)N)NC1=O. The van der Waals surface area contributed by atoms with Crippen molar-refractivity contribution in [3.63, 3.8) is 0 Å². The number of carbonyl (C=O) groups is 14. The van der Waals surface area contributed by atoms with Crippen LogP contribution in [-0.2, 0) is 66.9 Å². The lowest BCUT2D eigenvalue weighted by Gasteiger charge is -2.31. The van der Waals surface area contributed by atoms with Crippen LogP contribution in [0.15, 0.2) is 9.98 Å². The van der Waals surface area contributed by atoms with Crippen LogP contribution in [0.5, 0.6) is 0 Å². The van der Waals surface area contributed by atoms with Crippen LogP contribution >= 0.6 is 0 Å². The number of nitrogens with two attached hydrogens (primary N) is 4. The largest absolute Gasteiger partial charge is 0.436 e. The van der Waals surface area contributed by atoms with Gasteiger partial charge in [0.1, 0.15) is 48.3 Å². The van der Waals surface area contributed by atoms with Crippen LogP contribution in [0.4, 0.5) is 19.2 Å². The number of unbranched alkanes of at least 4 members (excludes halogenated alkanes) is 4. The Balaban J connectivity index is 2.21. The van der Waals surface area contributed by atoms with Gasteiger partial charge < -0.3 is 115 Å². The number of aliphatic imine (C=N–C) groups is 2. The molecule has 38 nitrogen and oxygen atoms in total. The van der Waals surface area contributed by atoms with Crippen molar-refractivity contribution >= 4 is 95.4 Å². The molecule has 0 aromatic carbocycles. The van der Waals surface area contributed by atoms with Crippen molar-refractivity contribution in [1.82, 2.24) is 73.6 Å². The molecule has 104 heavy (non-hydrogen) atoms. The molecule has 0 bridgehead atoms. The average molecular weight is 1460 g/mol. The topological polar surface area (TPSA) is 556 Å². The van der Waals surface area contributed by atoms with E-state index in [1.165, 1.54) is 9.80 Å². The van der Waals surface area contributed by atoms with Crippen LogP contribution in [0.3, 0.4) is 0 Å². The van der Waals surface area contributed by atoms with E-state index in [1.54, 1.807) is 0 Å². The van der Waals surface area contributed by atoms with Crippen molar-refractivity contribution in [2.75, 3.05) is 91.9 Å². The highest BCUT2D eigenvalue weighted by atomic mass is 16.6. The molecular weight excluding hydrogens is 1360 g/mol. The molecular formula is C66H100N20O18. The molecule has 0 unspecified atom stereocenters. The molecule has 3 rings (SSSR count). The van der Waals surface area contributed by atoms with Crippen LogP contribution in [0, 0.1) is 49.4 Å². The second kappa shape index (κ2) is 50.0. The Hall–Kier alpha value is -11.4. The van der Waals surface area contributed by atoms with Gasteiger partial charge in [-0.25, -0.2) is 19.2 Å². The van der Waals surface area contributed by atoms with Crippen molar-refractivity contribution in [3.05, 3.63) is 0 Å². The highest BCUT2D eigenvalue weighted by molar-refractivity contribution is 5.99. The maximum atomic E-state index is 14.9. The molecule has 3 saturated heterocycles. The molecule has 3 aliphatic rings. The van der Waals surface area contributed by atoms with E-state index in [-0.39, 0.29) is 219 Å². The van der Waals surface area contributed by atoms with Crippen molar-refractivity contribution < 1.29 is 86.1 Å². The van der Waals surface area contributed by atoms with E-state index < -0.39 is 145 Å². The molecule has 572 valence electrons. The van der Waals surface area contributed by atoms with E-state index in [4.69, 9.17) is 67.6 Å². The van der Waals surface area contributed by atoms with Gasteiger partial charge in [-0.05, 0) is 128 Å². The van der Waals surface area contributed by atoms with Crippen LogP contribution in [0.2, 0.25) is 0 Å². The molecule has 0 aromatic heterocycles. The van der Waals surface area contributed by atoms with Crippen molar-refractivity contribution in [2.24, 2.45) is 32.9 Å². The number of alkyl carbamates (subject to hydrolysis) is 4. The first kappa shape index (κ1) is 86.8. The van der Waals surface area contributed by atoms with Gasteiger partial charge in [0.15, 0.2) is 38.3 Å². The molecule has 20 N–H and O–H groups in total. The first-order chi connectivity index (χ1) is 49.9. The summed E-state index contributed by atoms with van der Waals surface area (Å²) in [5.41, 5.74) is 22.4. The summed E-state index contributed by atoms with van der Waals surface area (Å²) in [5, 5.41) is 31.2. The first-order valence-corrected chi connectivity index (χ1v) is 34.4. The molecule has 3 aliphatic heterocycles. The fourth-order valence-electron chi connectivity index (χ4n) is 11.0. The minimum atomic E-state index is -1.48. The number of nitrogens with zero attached hydrogens (tertiary/aromatic N) is 4. The fourth-order valence-corrected chi connectivity index (χ4v) is 11.0. The summed E-state index contributed by atoms with van der Waals surface area (Å²) >= 11 is 0. The summed E-state index contributed by atoms with van der Waals surface area (Å²) in [4.78, 5) is 204. The van der Waals surface area contributed by atoms with Gasteiger partial charge in [-0.2, -0.15) is 0 Å². The summed E-state index contributed by atoms with van der Waals surface area (Å²) < 4.78 is 19.4. The second-order valence-electron chi connectivity index (χ2n) is 24.0. The van der Waals surface area contributed by atoms with E-state index in [1.807, 2.05) is 0 Å². The highest BCUT2D eigenvalue weighted by Gasteiger charge is 2.41. The summed E-state index contributed by atoms with van der Waals surface area (Å²) in [6.07, 6.45) is 19.2. The smallest absolute Gasteiger partial charge is 0.408 e. The van der Waals surface area contributed by atoms with Gasteiger partial charge in [0.05, 0.1) is 13.1 Å². The predicted octanol–water partition coefficient (Wildman–Crippen LogP) is -4.65. The number of amides is 14. The quantitative estimate of drug-likeness (QED) is 0.00990. The lowest BCUT2D eigenvalue weighted by atomic mass is 10.0. The standard InChI is InChI=1S/C66H100N20O18/c1-5-37-101-63(97)73-29-13-9-21-43-53(89)81-45(25-17-33-71-61(67)68)55(91)83-47(23-11-15-31-75-65(99)103-39-7-3)59(95)86-36-20-28-50(86)58(94)78-42-52(88)80-44(22-10-14-30-74-64(98)102-38-6-2)54(90)82-46(26-18-34-72-62(69)70)56(92)84-48(24-12-16-32-76-66(100)104-40-8-4)60(96)85-35-19-27-49(85)57(93)77-41-51(87)79-43/h1-4,43-50H,9-42H2,(H,73,97)(H,74,98)(H,75,99)(H,76,100)(H,77,93)(H,78,94)(H,79,87)(H,80,88)(H,81,89)(H,82,90)(H,83,91)(H,84,92)(H4,67,68,71)(H4,69,70,72)/t43-,44-,45-,46-,47-,48-,49-,50-/m0/s1. The number of hydrogen-bond acceptors (Lipinski definition) is 20. The fraction of sp³-hybridized carbons (Fsp3) is 0.636. The molecule has 0 radical (unpaired) electrons. The number of terminal acetylenes is 4. The Morgan fingerprint density at radius 3 is 0.952 bits per heavy atom. The van der Waals surface area contributed by atoms with Crippen LogP contribution in [0.1, 0.15) is 128 Å². The van der Waals surface area contributed by atoms with Gasteiger partial charge in [0, 0.05) is 52.4 Å². The Morgan fingerprint density at radius 1 is 0.394 bits per heavy atom. The Labute approximate surface area is 603 Å². The monoisotopic (exact) mass is 1460 g/mol. The van der Waals surface area contributed by atoms with Crippen LogP contribution in [0.25, 0.3) is 0 Å². The maximum Gasteiger partial charge on any atom is 0.408 e. The molecule has 0 spiro atoms. The van der Waals surface area contributed by atoms with E-state index in [0.717, 1.165) is 0 Å². The number of fused-ring (bicyclic) bond motifs is 2. The Kier molecular flexibility index (Phi) is 41.7. The number of hydrogen-bond donors (Lipinski definition) is 16. The second-order valence-corrected chi connectivity index (χ2v) is 24.0. The molecule has 0 aromatic rings. The summed E-state index contributed by atoms with van der Waals surface area (Å²) in [7, 11) is 0. The van der Waals surface area contributed by atoms with E-state index in [0.29, 0.717) is 0 Å². The van der Waals surface area contributed by atoms with E-state index >= 15 is 0 Å². The van der Waals surface area contributed by atoms with Gasteiger partial charge in [-0.15, -0.1) is 25.7 Å². The first-order valence-electron chi connectivity index (χ1n) is 34.4. The highest BCUT2D eigenvalue weighted by Crippen LogP contribution is 2.23. The molecule has 14 amide bonds. The van der Waals surface area contributed by atoms with Crippen LogP contribution < -0.4 is 86.7 Å². The van der Waals surface area contributed by atoms with E-state index in [9.17, 15) is 67.1 Å². The normalized spacial score (nSPS) is 20.9. The minimum absolute atomic E-state index is 0.00284. The Morgan fingerprint density at radius 2 is 0.663 bits per heavy atom. The zero-order valence-electron chi connectivity index (χ0n) is 58.4. The molecule has 0 saturated carbocycles. The summed E-state index contributed by atoms with van der Waals surface area (Å²) in [6.45, 7) is -2.64. The minimum Gasteiger partial charge on any atom is -0.436 e. The zero-order valence-corrected chi connectivity index (χ0v) is 58.4. The van der Waals surface area contributed by atoms with Crippen molar-refractivity contribution in [3.8, 4) is 49.4 Å². The maximum absolute atomic E-state index is 14.9. The van der Waals surface area contributed by atoms with Gasteiger partial charge >= 0.3 is 24.4 Å². The molecule has 3 fully saturated rings. The summed E-state index contributed by atoms with van der Waals surface area (Å²) in [6, 6.07) is -11.1. The number of nitrogens with one attached hydrogen (secondary N) is 12. The molecule has 0 aliphatic carbocycles. The zero-order chi connectivity index (χ0) is 76.6. The molecule has 3 heterocycles. The third-order valence-electron chi connectivity index (χ3n) is 16.1. The predicted molar refractivity (Wildman–Crippen MR) is 375 cm³/mol. The third-order valence-corrected chi connectivity index (χ3v) is 16.1. The van der Waals surface area contributed by atoms with Gasteiger partial charge in [0.25, 0.3) is 0 Å². The van der Waals surface area contributed by atoms with E-state index in [2.05, 4.69) is 97.5 Å². The number of guanidine groups is 2. The Bertz CT molecular complexity index is 2950. The van der Waals surface area contributed by atoms with Crippen molar-refractivity contribution in [2.45, 2.75) is 177 Å². The van der Waals surface area contributed by atoms with Crippen molar-refractivity contribution in [1.29, 1.82) is 0 Å². The summed E-state index contributed by atoms with van der Waals surface area (Å²) in [5.74, 6) is -0.372. The number of carbonyl (C=O) groups excluding carboxylic acids is 14. The van der Waals surface area contributed by atoms with Gasteiger partial charge in [0.2, 0.25) is 59.1 Å². The average Bonchev–Trinajstić information content (AvgIpc) is 1.62. The van der Waals surface area contributed by atoms with Crippen LogP contribution in [-0.4, -0.2) is 245 Å². The number of rotatable bonds is 32. The molecule has 8 atom stereocenters. The molecule has 38 heteroatoms. The number of ether oxygens (including phenoxy) is 4. The third kappa shape index (κ3) is 34.8. The lowest BCUT2D eigenvalue weighted by molar-refractivity contribution is -0.142. The lowest BCUT2D eigenvalue weighted by Crippen LogP contribution is -2.59. The van der Waals surface area contributed by atoms with Gasteiger partial charge in [-0.1, -0.05) is 23.7 Å².